The lowest BCUT2D eigenvalue weighted by molar-refractivity contribution is 0.0257. The van der Waals surface area contributed by atoms with Crippen molar-refractivity contribution in [3.8, 4) is 0 Å². The Balaban J connectivity index is 1.50. The van der Waals surface area contributed by atoms with Crippen LogP contribution in [0.5, 0.6) is 0 Å². The SMILES string of the molecule is CC(NCC(O)COCC1CC1)C1CCCO1. The average molecular weight is 243 g/mol. The van der Waals surface area contributed by atoms with E-state index in [9.17, 15) is 5.11 Å². The predicted octanol–water partition coefficient (Wildman–Crippen LogP) is 0.931. The molecule has 0 bridgehead atoms. The van der Waals surface area contributed by atoms with Gasteiger partial charge in [-0.15, -0.1) is 0 Å². The van der Waals surface area contributed by atoms with Crippen molar-refractivity contribution in [3.63, 3.8) is 0 Å². The molecule has 2 rings (SSSR count). The van der Waals surface area contributed by atoms with Crippen molar-refractivity contribution in [1.82, 2.24) is 5.32 Å². The van der Waals surface area contributed by atoms with Gasteiger partial charge in [0.25, 0.3) is 0 Å². The van der Waals surface area contributed by atoms with E-state index >= 15 is 0 Å². The van der Waals surface area contributed by atoms with Crippen molar-refractivity contribution in [2.75, 3.05) is 26.4 Å². The Labute approximate surface area is 104 Å². The van der Waals surface area contributed by atoms with Crippen LogP contribution < -0.4 is 5.32 Å². The normalized spacial score (nSPS) is 28.2. The zero-order valence-electron chi connectivity index (χ0n) is 10.7. The van der Waals surface area contributed by atoms with Crippen molar-refractivity contribution < 1.29 is 14.6 Å². The van der Waals surface area contributed by atoms with Gasteiger partial charge in [0.05, 0.1) is 18.8 Å². The number of nitrogens with one attached hydrogen (secondary N) is 1. The largest absolute Gasteiger partial charge is 0.389 e. The van der Waals surface area contributed by atoms with Gasteiger partial charge in [-0.05, 0) is 38.5 Å². The second kappa shape index (κ2) is 6.69. The Hall–Kier alpha value is -0.160. The molecule has 3 atom stereocenters. The molecule has 1 saturated carbocycles. The number of rotatable bonds is 8. The molecule has 0 aromatic carbocycles. The van der Waals surface area contributed by atoms with Crippen LogP contribution in [0.3, 0.4) is 0 Å². The first-order valence-corrected chi connectivity index (χ1v) is 6.86. The third-order valence-electron chi connectivity index (χ3n) is 3.56. The molecule has 1 aliphatic carbocycles. The van der Waals surface area contributed by atoms with Gasteiger partial charge in [-0.25, -0.2) is 0 Å². The fourth-order valence-corrected chi connectivity index (χ4v) is 2.16. The molecule has 3 unspecified atom stereocenters. The summed E-state index contributed by atoms with van der Waals surface area (Å²) in [6, 6.07) is 0.315. The van der Waals surface area contributed by atoms with Crippen LogP contribution in [0.1, 0.15) is 32.6 Å². The average Bonchev–Trinajstić information content (AvgIpc) is 2.97. The maximum atomic E-state index is 9.75. The molecule has 1 aliphatic heterocycles. The minimum atomic E-state index is -0.405. The second-order valence-corrected chi connectivity index (χ2v) is 5.38. The van der Waals surface area contributed by atoms with Crippen LogP contribution >= 0.6 is 0 Å². The molecular formula is C13H25NO3. The molecule has 0 aromatic heterocycles. The third-order valence-corrected chi connectivity index (χ3v) is 3.56. The monoisotopic (exact) mass is 243 g/mol. The minimum Gasteiger partial charge on any atom is -0.389 e. The van der Waals surface area contributed by atoms with Crippen molar-refractivity contribution in [1.29, 1.82) is 0 Å². The fourth-order valence-electron chi connectivity index (χ4n) is 2.16. The van der Waals surface area contributed by atoms with Crippen molar-refractivity contribution in [2.24, 2.45) is 5.92 Å². The highest BCUT2D eigenvalue weighted by Crippen LogP contribution is 2.28. The van der Waals surface area contributed by atoms with Gasteiger partial charge in [0.1, 0.15) is 0 Å². The number of aliphatic hydroxyl groups is 1. The maximum absolute atomic E-state index is 9.75. The van der Waals surface area contributed by atoms with Gasteiger partial charge in [-0.1, -0.05) is 0 Å². The van der Waals surface area contributed by atoms with Gasteiger partial charge in [0.2, 0.25) is 0 Å². The molecule has 100 valence electrons. The summed E-state index contributed by atoms with van der Waals surface area (Å²) in [5.41, 5.74) is 0. The summed E-state index contributed by atoms with van der Waals surface area (Å²) in [5, 5.41) is 13.1. The summed E-state index contributed by atoms with van der Waals surface area (Å²) >= 11 is 0. The Morgan fingerprint density at radius 2 is 2.24 bits per heavy atom. The Morgan fingerprint density at radius 3 is 2.88 bits per heavy atom. The first kappa shape index (κ1) is 13.3. The van der Waals surface area contributed by atoms with Gasteiger partial charge in [-0.2, -0.15) is 0 Å². The molecule has 0 amide bonds. The fraction of sp³-hybridized carbons (Fsp3) is 1.00. The van der Waals surface area contributed by atoms with Gasteiger partial charge in [0, 0.05) is 25.8 Å². The van der Waals surface area contributed by atoms with Crippen LogP contribution in [0.25, 0.3) is 0 Å². The maximum Gasteiger partial charge on any atom is 0.0897 e. The van der Waals surface area contributed by atoms with Crippen molar-refractivity contribution >= 4 is 0 Å². The first-order chi connectivity index (χ1) is 8.25. The second-order valence-electron chi connectivity index (χ2n) is 5.38. The Kier molecular flexibility index (Phi) is 5.22. The molecule has 0 radical (unpaired) electrons. The molecular weight excluding hydrogens is 218 g/mol. The van der Waals surface area contributed by atoms with E-state index < -0.39 is 6.10 Å². The molecule has 2 aliphatic rings. The zero-order valence-corrected chi connectivity index (χ0v) is 10.7. The number of ether oxygens (including phenoxy) is 2. The smallest absolute Gasteiger partial charge is 0.0897 e. The van der Waals surface area contributed by atoms with E-state index in [2.05, 4.69) is 12.2 Å². The van der Waals surface area contributed by atoms with Gasteiger partial charge in [0.15, 0.2) is 0 Å². The lowest BCUT2D eigenvalue weighted by Crippen LogP contribution is -2.42. The standard InChI is InChI=1S/C13H25NO3/c1-10(13-3-2-6-17-13)14-7-12(15)9-16-8-11-4-5-11/h10-15H,2-9H2,1H3. The molecule has 0 spiro atoms. The van der Waals surface area contributed by atoms with E-state index in [1.807, 2.05) is 0 Å². The zero-order chi connectivity index (χ0) is 12.1. The van der Waals surface area contributed by atoms with Gasteiger partial charge >= 0.3 is 0 Å². The summed E-state index contributed by atoms with van der Waals surface area (Å²) in [5.74, 6) is 0.765. The van der Waals surface area contributed by atoms with Crippen LogP contribution in [-0.2, 0) is 9.47 Å². The topological polar surface area (TPSA) is 50.7 Å². The lowest BCUT2D eigenvalue weighted by atomic mass is 10.1. The molecule has 0 aromatic rings. The highest BCUT2D eigenvalue weighted by Gasteiger charge is 2.23. The number of hydrogen-bond donors (Lipinski definition) is 2. The quantitative estimate of drug-likeness (QED) is 0.666. The van der Waals surface area contributed by atoms with Gasteiger partial charge < -0.3 is 19.9 Å². The highest BCUT2D eigenvalue weighted by atomic mass is 16.5. The van der Waals surface area contributed by atoms with E-state index in [0.29, 0.717) is 25.3 Å². The molecule has 2 fully saturated rings. The summed E-state index contributed by atoms with van der Waals surface area (Å²) < 4.78 is 11.0. The molecule has 4 heteroatoms. The van der Waals surface area contributed by atoms with Crippen LogP contribution in [-0.4, -0.2) is 49.7 Å². The Bertz CT molecular complexity index is 215. The summed E-state index contributed by atoms with van der Waals surface area (Å²) in [4.78, 5) is 0. The summed E-state index contributed by atoms with van der Waals surface area (Å²) in [7, 11) is 0. The van der Waals surface area contributed by atoms with E-state index in [4.69, 9.17) is 9.47 Å². The van der Waals surface area contributed by atoms with Crippen LogP contribution in [0.4, 0.5) is 0 Å². The molecule has 17 heavy (non-hydrogen) atoms. The molecule has 2 N–H and O–H groups in total. The predicted molar refractivity (Wildman–Crippen MR) is 66.0 cm³/mol. The van der Waals surface area contributed by atoms with Crippen molar-refractivity contribution in [2.45, 2.75) is 50.9 Å². The van der Waals surface area contributed by atoms with Crippen LogP contribution in [0.2, 0.25) is 0 Å². The summed E-state index contributed by atoms with van der Waals surface area (Å²) in [6.45, 7) is 4.85. The van der Waals surface area contributed by atoms with E-state index in [0.717, 1.165) is 32.0 Å². The minimum absolute atomic E-state index is 0.314. The Morgan fingerprint density at radius 1 is 1.41 bits per heavy atom. The van der Waals surface area contributed by atoms with Crippen molar-refractivity contribution in [3.05, 3.63) is 0 Å². The van der Waals surface area contributed by atoms with E-state index in [-0.39, 0.29) is 0 Å². The molecule has 1 heterocycles. The van der Waals surface area contributed by atoms with E-state index in [1.54, 1.807) is 0 Å². The van der Waals surface area contributed by atoms with Crippen LogP contribution in [0, 0.1) is 5.92 Å². The molecule has 1 saturated heterocycles. The third kappa shape index (κ3) is 4.92. The molecule has 4 nitrogen and oxygen atoms in total. The number of hydrogen-bond acceptors (Lipinski definition) is 4. The van der Waals surface area contributed by atoms with Gasteiger partial charge in [-0.3, -0.25) is 0 Å². The van der Waals surface area contributed by atoms with Crippen LogP contribution in [0.15, 0.2) is 0 Å². The number of aliphatic hydroxyl groups excluding tert-OH is 1. The first-order valence-electron chi connectivity index (χ1n) is 6.86. The highest BCUT2D eigenvalue weighted by molar-refractivity contribution is 4.78. The van der Waals surface area contributed by atoms with E-state index in [1.165, 1.54) is 12.8 Å². The lowest BCUT2D eigenvalue weighted by Gasteiger charge is -2.21. The summed E-state index contributed by atoms with van der Waals surface area (Å²) in [6.07, 6.45) is 4.79.